The van der Waals surface area contributed by atoms with E-state index >= 15 is 0 Å². The lowest BCUT2D eigenvalue weighted by Crippen LogP contribution is -2.59. The summed E-state index contributed by atoms with van der Waals surface area (Å²) < 4.78 is 10.6. The van der Waals surface area contributed by atoms with Crippen molar-refractivity contribution < 1.29 is 19.4 Å². The van der Waals surface area contributed by atoms with Crippen molar-refractivity contribution in [3.8, 4) is 11.5 Å². The third-order valence-corrected chi connectivity index (χ3v) is 5.84. The molecule has 1 amide bonds. The second-order valence-corrected chi connectivity index (χ2v) is 7.69. The zero-order valence-electron chi connectivity index (χ0n) is 16.0. The monoisotopic (exact) mass is 362 g/mol. The van der Waals surface area contributed by atoms with Crippen LogP contribution in [-0.2, 0) is 11.2 Å². The molecule has 2 fully saturated rings. The van der Waals surface area contributed by atoms with Crippen LogP contribution in [0.15, 0.2) is 18.2 Å². The molecule has 6 nitrogen and oxygen atoms in total. The van der Waals surface area contributed by atoms with Crippen molar-refractivity contribution >= 4 is 5.91 Å². The Labute approximate surface area is 155 Å². The van der Waals surface area contributed by atoms with Crippen LogP contribution in [-0.4, -0.2) is 74.4 Å². The molecule has 1 N–H and O–H groups in total. The summed E-state index contributed by atoms with van der Waals surface area (Å²) in [6, 6.07) is 5.60. The van der Waals surface area contributed by atoms with E-state index in [-0.39, 0.29) is 17.4 Å². The number of hydrogen-bond acceptors (Lipinski definition) is 5. The predicted molar refractivity (Wildman–Crippen MR) is 99.6 cm³/mol. The maximum atomic E-state index is 12.9. The van der Waals surface area contributed by atoms with Gasteiger partial charge < -0.3 is 24.4 Å². The van der Waals surface area contributed by atoms with Gasteiger partial charge in [0.15, 0.2) is 11.5 Å². The van der Waals surface area contributed by atoms with E-state index in [4.69, 9.17) is 9.47 Å². The Morgan fingerprint density at radius 2 is 2.00 bits per heavy atom. The number of aliphatic hydroxyl groups excluding tert-OH is 1. The highest BCUT2D eigenvalue weighted by Gasteiger charge is 2.45. The van der Waals surface area contributed by atoms with Gasteiger partial charge in [0.1, 0.15) is 0 Å². The summed E-state index contributed by atoms with van der Waals surface area (Å²) in [5.74, 6) is 1.41. The summed E-state index contributed by atoms with van der Waals surface area (Å²) in [6.07, 6.45) is 2.73. The van der Waals surface area contributed by atoms with E-state index in [1.54, 1.807) is 14.2 Å². The molecule has 26 heavy (non-hydrogen) atoms. The minimum absolute atomic E-state index is 0.108. The van der Waals surface area contributed by atoms with E-state index in [1.807, 2.05) is 23.1 Å². The van der Waals surface area contributed by atoms with Crippen molar-refractivity contribution in [1.82, 2.24) is 9.80 Å². The van der Waals surface area contributed by atoms with Crippen molar-refractivity contribution in [2.45, 2.75) is 31.8 Å². The second kappa shape index (κ2) is 7.84. The van der Waals surface area contributed by atoms with Crippen LogP contribution in [0.25, 0.3) is 0 Å². The molecule has 1 spiro atoms. The van der Waals surface area contributed by atoms with Gasteiger partial charge in [-0.2, -0.15) is 0 Å². The summed E-state index contributed by atoms with van der Waals surface area (Å²) in [5, 5.41) is 10.6. The summed E-state index contributed by atoms with van der Waals surface area (Å²) >= 11 is 0. The van der Waals surface area contributed by atoms with Crippen molar-refractivity contribution in [2.75, 3.05) is 47.4 Å². The lowest BCUT2D eigenvalue weighted by atomic mass is 9.71. The van der Waals surface area contributed by atoms with Crippen LogP contribution in [0.5, 0.6) is 11.5 Å². The molecule has 2 atom stereocenters. The average molecular weight is 362 g/mol. The molecule has 2 heterocycles. The molecule has 0 unspecified atom stereocenters. The van der Waals surface area contributed by atoms with E-state index in [2.05, 4.69) is 11.9 Å². The van der Waals surface area contributed by atoms with Gasteiger partial charge in [-0.3, -0.25) is 4.79 Å². The molecule has 3 rings (SSSR count). The molecule has 0 saturated carbocycles. The first kappa shape index (κ1) is 19.0. The fourth-order valence-corrected chi connectivity index (χ4v) is 4.42. The molecule has 144 valence electrons. The largest absolute Gasteiger partial charge is 0.493 e. The smallest absolute Gasteiger partial charge is 0.227 e. The number of carbonyl (C=O) groups excluding carboxylic acids is 1. The Hall–Kier alpha value is -1.79. The van der Waals surface area contributed by atoms with Crippen LogP contribution in [0, 0.1) is 5.41 Å². The number of methoxy groups -OCH3 is 2. The summed E-state index contributed by atoms with van der Waals surface area (Å²) in [4.78, 5) is 17.1. The van der Waals surface area contributed by atoms with Crippen LogP contribution in [0.2, 0.25) is 0 Å². The fraction of sp³-hybridized carbons (Fsp3) is 0.650. The molecule has 0 aromatic heterocycles. The SMILES string of the molecule is COc1ccc(CC(=O)N2CCC[C@]3(CN(C)CC[C@@H]3O)C2)cc1OC. The highest BCUT2D eigenvalue weighted by atomic mass is 16.5. The maximum Gasteiger partial charge on any atom is 0.227 e. The Morgan fingerprint density at radius 1 is 1.23 bits per heavy atom. The molecule has 1 aromatic rings. The molecular weight excluding hydrogens is 332 g/mol. The minimum atomic E-state index is -0.324. The third kappa shape index (κ3) is 3.81. The Morgan fingerprint density at radius 3 is 2.73 bits per heavy atom. The van der Waals surface area contributed by atoms with Crippen LogP contribution >= 0.6 is 0 Å². The second-order valence-electron chi connectivity index (χ2n) is 7.69. The Bertz CT molecular complexity index is 651. The summed E-state index contributed by atoms with van der Waals surface area (Å²) in [5.41, 5.74) is 0.729. The van der Waals surface area contributed by atoms with Crippen molar-refractivity contribution in [3.05, 3.63) is 23.8 Å². The van der Waals surface area contributed by atoms with E-state index in [0.717, 1.165) is 44.5 Å². The third-order valence-electron chi connectivity index (χ3n) is 5.84. The number of rotatable bonds is 4. The van der Waals surface area contributed by atoms with Gasteiger partial charge in [0.05, 0.1) is 26.7 Å². The first-order valence-electron chi connectivity index (χ1n) is 9.33. The van der Waals surface area contributed by atoms with Gasteiger partial charge in [0.25, 0.3) is 0 Å². The quantitative estimate of drug-likeness (QED) is 0.881. The number of hydrogen-bond donors (Lipinski definition) is 1. The molecule has 2 aliphatic heterocycles. The number of likely N-dealkylation sites (tertiary alicyclic amines) is 2. The maximum absolute atomic E-state index is 12.9. The normalized spacial score (nSPS) is 26.8. The minimum Gasteiger partial charge on any atom is -0.493 e. The van der Waals surface area contributed by atoms with E-state index in [0.29, 0.717) is 24.5 Å². The zero-order chi connectivity index (χ0) is 18.7. The lowest BCUT2D eigenvalue weighted by molar-refractivity contribution is -0.140. The van der Waals surface area contributed by atoms with Gasteiger partial charge in [-0.1, -0.05) is 6.07 Å². The fourth-order valence-electron chi connectivity index (χ4n) is 4.42. The van der Waals surface area contributed by atoms with Crippen molar-refractivity contribution in [1.29, 1.82) is 0 Å². The number of amides is 1. The molecule has 2 saturated heterocycles. The van der Waals surface area contributed by atoms with Gasteiger partial charge in [-0.25, -0.2) is 0 Å². The van der Waals surface area contributed by atoms with Gasteiger partial charge in [-0.05, 0) is 44.0 Å². The number of piperidine rings is 2. The molecule has 1 aromatic carbocycles. The van der Waals surface area contributed by atoms with Crippen molar-refractivity contribution in [3.63, 3.8) is 0 Å². The van der Waals surface area contributed by atoms with Crippen LogP contribution in [0.3, 0.4) is 0 Å². The van der Waals surface area contributed by atoms with Gasteiger partial charge in [0, 0.05) is 31.6 Å². The lowest BCUT2D eigenvalue weighted by Gasteiger charge is -2.50. The topological polar surface area (TPSA) is 62.2 Å². The number of ether oxygens (including phenoxy) is 2. The van der Waals surface area contributed by atoms with Crippen molar-refractivity contribution in [2.24, 2.45) is 5.41 Å². The molecule has 0 radical (unpaired) electrons. The number of aliphatic hydroxyl groups is 1. The number of carbonyl (C=O) groups is 1. The molecule has 0 bridgehead atoms. The molecule has 2 aliphatic rings. The Balaban J connectivity index is 1.70. The zero-order valence-corrected chi connectivity index (χ0v) is 16.0. The first-order valence-corrected chi connectivity index (χ1v) is 9.33. The number of benzene rings is 1. The van der Waals surface area contributed by atoms with Crippen LogP contribution < -0.4 is 9.47 Å². The highest BCUT2D eigenvalue weighted by molar-refractivity contribution is 5.79. The average Bonchev–Trinajstić information content (AvgIpc) is 2.65. The van der Waals surface area contributed by atoms with Gasteiger partial charge in [-0.15, -0.1) is 0 Å². The van der Waals surface area contributed by atoms with E-state index in [1.165, 1.54) is 0 Å². The number of nitrogens with zero attached hydrogens (tertiary/aromatic N) is 2. The molecular formula is C20H30N2O4. The Kier molecular flexibility index (Phi) is 5.73. The van der Waals surface area contributed by atoms with Crippen LogP contribution in [0.4, 0.5) is 0 Å². The van der Waals surface area contributed by atoms with Gasteiger partial charge in [0.2, 0.25) is 5.91 Å². The summed E-state index contributed by atoms with van der Waals surface area (Å²) in [6.45, 7) is 3.19. The van der Waals surface area contributed by atoms with Crippen LogP contribution in [0.1, 0.15) is 24.8 Å². The standard InChI is InChI=1S/C20H30N2O4/c1-21-10-7-18(23)20(13-21)8-4-9-22(14-20)19(24)12-15-5-6-16(25-2)17(11-15)26-3/h5-6,11,18,23H,4,7-10,12-14H2,1-3H3/t18-,20-/m0/s1. The predicted octanol–water partition coefficient (Wildman–Crippen LogP) is 1.55. The first-order chi connectivity index (χ1) is 12.5. The molecule has 6 heteroatoms. The summed E-state index contributed by atoms with van der Waals surface area (Å²) in [7, 11) is 5.29. The van der Waals surface area contributed by atoms with E-state index in [9.17, 15) is 9.90 Å². The molecule has 0 aliphatic carbocycles. The van der Waals surface area contributed by atoms with E-state index < -0.39 is 0 Å². The van der Waals surface area contributed by atoms with Gasteiger partial charge >= 0.3 is 0 Å². The highest BCUT2D eigenvalue weighted by Crippen LogP contribution is 2.38.